The van der Waals surface area contributed by atoms with Gasteiger partial charge >= 0.3 is 0 Å². The standard InChI is InChI=1S/C22H29N5O3/c1-15-23-21(26-25-15)18-11-27(12-19(18)24-22(29)17-9-5-6-10-17)20(28)14-30-13-16-7-3-2-4-8-16/h2-4,7-8,17-19H,5-6,9-14H2,1H3,(H,24,29)(H,23,25,26)/t18-,19-/m1/s1. The summed E-state index contributed by atoms with van der Waals surface area (Å²) in [6.45, 7) is 3.17. The van der Waals surface area contributed by atoms with E-state index in [1.54, 1.807) is 4.90 Å². The largest absolute Gasteiger partial charge is 0.367 e. The number of hydrogen-bond donors (Lipinski definition) is 2. The lowest BCUT2D eigenvalue weighted by molar-refractivity contribution is -0.136. The molecule has 2 fully saturated rings. The number of benzene rings is 1. The van der Waals surface area contributed by atoms with Gasteiger partial charge in [0.15, 0.2) is 5.82 Å². The molecule has 0 radical (unpaired) electrons. The lowest BCUT2D eigenvalue weighted by atomic mass is 10.0. The SMILES string of the molecule is Cc1nc([C@@H]2CN(C(=O)COCc3ccccc3)C[C@H]2NC(=O)C2CCCC2)n[nH]1. The third kappa shape index (κ3) is 4.87. The van der Waals surface area contributed by atoms with E-state index in [1.807, 2.05) is 37.3 Å². The van der Waals surface area contributed by atoms with Crippen LogP contribution in [0.2, 0.25) is 0 Å². The summed E-state index contributed by atoms with van der Waals surface area (Å²) in [7, 11) is 0. The van der Waals surface area contributed by atoms with E-state index in [0.29, 0.717) is 25.5 Å². The molecular formula is C22H29N5O3. The van der Waals surface area contributed by atoms with Crippen molar-refractivity contribution in [3.63, 3.8) is 0 Å². The molecule has 1 saturated carbocycles. The van der Waals surface area contributed by atoms with Crippen molar-refractivity contribution >= 4 is 11.8 Å². The van der Waals surface area contributed by atoms with Crippen molar-refractivity contribution in [2.24, 2.45) is 5.92 Å². The van der Waals surface area contributed by atoms with Crippen LogP contribution in [-0.4, -0.2) is 57.6 Å². The van der Waals surface area contributed by atoms with Crippen molar-refractivity contribution in [3.05, 3.63) is 47.5 Å². The van der Waals surface area contributed by atoms with E-state index in [0.717, 1.165) is 37.1 Å². The number of likely N-dealkylation sites (tertiary alicyclic amines) is 1. The molecule has 8 nitrogen and oxygen atoms in total. The van der Waals surface area contributed by atoms with Crippen molar-refractivity contribution in [2.45, 2.75) is 51.2 Å². The summed E-state index contributed by atoms with van der Waals surface area (Å²) >= 11 is 0. The maximum absolute atomic E-state index is 12.7. The molecular weight excluding hydrogens is 382 g/mol. The minimum absolute atomic E-state index is 0.0118. The van der Waals surface area contributed by atoms with Gasteiger partial charge in [-0.1, -0.05) is 43.2 Å². The molecule has 8 heteroatoms. The second-order valence-electron chi connectivity index (χ2n) is 8.26. The molecule has 2 heterocycles. The molecule has 0 bridgehead atoms. The fourth-order valence-electron chi connectivity index (χ4n) is 4.35. The van der Waals surface area contributed by atoms with E-state index in [-0.39, 0.29) is 36.3 Å². The Kier molecular flexibility index (Phi) is 6.42. The fourth-order valence-corrected chi connectivity index (χ4v) is 4.35. The number of amides is 2. The van der Waals surface area contributed by atoms with E-state index < -0.39 is 0 Å². The van der Waals surface area contributed by atoms with E-state index in [2.05, 4.69) is 20.5 Å². The molecule has 1 aliphatic heterocycles. The number of ether oxygens (including phenoxy) is 1. The first kappa shape index (κ1) is 20.5. The van der Waals surface area contributed by atoms with Gasteiger partial charge in [0.05, 0.1) is 18.6 Å². The number of aromatic nitrogens is 3. The summed E-state index contributed by atoms with van der Waals surface area (Å²) in [6, 6.07) is 9.59. The van der Waals surface area contributed by atoms with E-state index >= 15 is 0 Å². The number of aryl methyl sites for hydroxylation is 1. The van der Waals surface area contributed by atoms with Crippen molar-refractivity contribution in [1.82, 2.24) is 25.4 Å². The normalized spacial score (nSPS) is 21.8. The molecule has 1 aromatic heterocycles. The van der Waals surface area contributed by atoms with Crippen molar-refractivity contribution in [1.29, 1.82) is 0 Å². The van der Waals surface area contributed by atoms with Gasteiger partial charge in [-0.15, -0.1) is 0 Å². The summed E-state index contributed by atoms with van der Waals surface area (Å²) in [5, 5.41) is 10.3. The van der Waals surface area contributed by atoms with Crippen LogP contribution < -0.4 is 5.32 Å². The number of rotatable bonds is 7. The summed E-state index contributed by atoms with van der Waals surface area (Å²) < 4.78 is 5.62. The quantitative estimate of drug-likeness (QED) is 0.725. The molecule has 2 aromatic rings. The van der Waals surface area contributed by atoms with Gasteiger partial charge in [0.2, 0.25) is 11.8 Å². The smallest absolute Gasteiger partial charge is 0.248 e. The van der Waals surface area contributed by atoms with Gasteiger partial charge < -0.3 is 15.0 Å². The predicted molar refractivity (Wildman–Crippen MR) is 110 cm³/mol. The molecule has 160 valence electrons. The Hall–Kier alpha value is -2.74. The van der Waals surface area contributed by atoms with Crippen LogP contribution in [0, 0.1) is 12.8 Å². The Balaban J connectivity index is 1.37. The summed E-state index contributed by atoms with van der Waals surface area (Å²) in [6.07, 6.45) is 4.10. The zero-order chi connectivity index (χ0) is 20.9. The van der Waals surface area contributed by atoms with Gasteiger partial charge in [-0.2, -0.15) is 5.10 Å². The van der Waals surface area contributed by atoms with Crippen LogP contribution >= 0.6 is 0 Å². The van der Waals surface area contributed by atoms with Gasteiger partial charge in [0, 0.05) is 19.0 Å². The number of carbonyl (C=O) groups excluding carboxylic acids is 2. The van der Waals surface area contributed by atoms with Crippen LogP contribution in [0.25, 0.3) is 0 Å². The maximum atomic E-state index is 12.7. The highest BCUT2D eigenvalue weighted by atomic mass is 16.5. The first-order chi connectivity index (χ1) is 14.6. The molecule has 0 spiro atoms. The van der Waals surface area contributed by atoms with Gasteiger partial charge in [-0.25, -0.2) is 4.98 Å². The van der Waals surface area contributed by atoms with Crippen LogP contribution in [0.3, 0.4) is 0 Å². The number of hydrogen-bond acceptors (Lipinski definition) is 5. The van der Waals surface area contributed by atoms with Crippen LogP contribution in [-0.2, 0) is 20.9 Å². The third-order valence-electron chi connectivity index (χ3n) is 6.01. The van der Waals surface area contributed by atoms with Gasteiger partial charge in [-0.3, -0.25) is 14.7 Å². The average molecular weight is 412 g/mol. The van der Waals surface area contributed by atoms with Crippen molar-refractivity contribution < 1.29 is 14.3 Å². The lowest BCUT2D eigenvalue weighted by Crippen LogP contribution is -2.43. The summed E-state index contributed by atoms with van der Waals surface area (Å²) in [5.74, 6) is 1.33. The van der Waals surface area contributed by atoms with Crippen molar-refractivity contribution in [3.8, 4) is 0 Å². The van der Waals surface area contributed by atoms with Gasteiger partial charge in [0.1, 0.15) is 12.4 Å². The zero-order valence-electron chi connectivity index (χ0n) is 17.3. The van der Waals surface area contributed by atoms with Crippen LogP contribution in [0.5, 0.6) is 0 Å². The lowest BCUT2D eigenvalue weighted by Gasteiger charge is -2.20. The molecule has 2 aliphatic rings. The molecule has 2 atom stereocenters. The maximum Gasteiger partial charge on any atom is 0.248 e. The Morgan fingerprint density at radius 2 is 1.97 bits per heavy atom. The molecule has 2 amide bonds. The number of nitrogens with one attached hydrogen (secondary N) is 2. The Morgan fingerprint density at radius 1 is 1.20 bits per heavy atom. The number of H-pyrrole nitrogens is 1. The minimum atomic E-state index is -0.189. The number of carbonyl (C=O) groups is 2. The van der Waals surface area contributed by atoms with Gasteiger partial charge in [0.25, 0.3) is 0 Å². The van der Waals surface area contributed by atoms with Crippen molar-refractivity contribution in [2.75, 3.05) is 19.7 Å². The summed E-state index contributed by atoms with van der Waals surface area (Å²) in [4.78, 5) is 31.7. The second kappa shape index (κ2) is 9.38. The highest BCUT2D eigenvalue weighted by molar-refractivity contribution is 5.80. The molecule has 2 N–H and O–H groups in total. The number of aromatic amines is 1. The second-order valence-corrected chi connectivity index (χ2v) is 8.26. The topological polar surface area (TPSA) is 100 Å². The minimum Gasteiger partial charge on any atom is -0.367 e. The molecule has 1 aromatic carbocycles. The Morgan fingerprint density at radius 3 is 2.67 bits per heavy atom. The van der Waals surface area contributed by atoms with Crippen LogP contribution in [0.15, 0.2) is 30.3 Å². The average Bonchev–Trinajstić information content (AvgIpc) is 3.49. The molecule has 1 saturated heterocycles. The first-order valence-electron chi connectivity index (χ1n) is 10.7. The highest BCUT2D eigenvalue weighted by Gasteiger charge is 2.40. The highest BCUT2D eigenvalue weighted by Crippen LogP contribution is 2.28. The fraction of sp³-hybridized carbons (Fsp3) is 0.545. The molecule has 30 heavy (non-hydrogen) atoms. The van der Waals surface area contributed by atoms with E-state index in [4.69, 9.17) is 4.74 Å². The summed E-state index contributed by atoms with van der Waals surface area (Å²) in [5.41, 5.74) is 1.03. The van der Waals surface area contributed by atoms with Crippen LogP contribution in [0.1, 0.15) is 48.8 Å². The predicted octanol–water partition coefficient (Wildman–Crippen LogP) is 1.93. The number of nitrogens with zero attached hydrogens (tertiary/aromatic N) is 3. The molecule has 1 aliphatic carbocycles. The molecule has 4 rings (SSSR count). The van der Waals surface area contributed by atoms with E-state index in [9.17, 15) is 9.59 Å². The first-order valence-corrected chi connectivity index (χ1v) is 10.7. The van der Waals surface area contributed by atoms with Gasteiger partial charge in [-0.05, 0) is 25.3 Å². The Bertz CT molecular complexity index is 863. The zero-order valence-corrected chi connectivity index (χ0v) is 17.3. The monoisotopic (exact) mass is 411 g/mol. The van der Waals surface area contributed by atoms with Crippen LogP contribution in [0.4, 0.5) is 0 Å². The molecule has 0 unspecified atom stereocenters. The van der Waals surface area contributed by atoms with E-state index in [1.165, 1.54) is 0 Å². The third-order valence-corrected chi connectivity index (χ3v) is 6.01. The Labute approximate surface area is 176 Å².